The third kappa shape index (κ3) is 2.91. The summed E-state index contributed by atoms with van der Waals surface area (Å²) in [6.45, 7) is 4.06. The first-order valence-electron chi connectivity index (χ1n) is 5.42. The van der Waals surface area contributed by atoms with Gasteiger partial charge in [0.1, 0.15) is 0 Å². The van der Waals surface area contributed by atoms with Crippen molar-refractivity contribution in [2.24, 2.45) is 11.3 Å². The van der Waals surface area contributed by atoms with Crippen molar-refractivity contribution in [2.75, 3.05) is 11.5 Å². The number of carboxylic acids is 1. The van der Waals surface area contributed by atoms with Gasteiger partial charge in [0.25, 0.3) is 0 Å². The molecule has 0 amide bonds. The Labute approximate surface area is 90.5 Å². The van der Waals surface area contributed by atoms with E-state index in [2.05, 4.69) is 6.92 Å². The lowest BCUT2D eigenvalue weighted by Crippen LogP contribution is -2.30. The van der Waals surface area contributed by atoms with E-state index in [1.165, 1.54) is 0 Å². The van der Waals surface area contributed by atoms with Crippen LogP contribution in [-0.4, -0.2) is 22.6 Å². The summed E-state index contributed by atoms with van der Waals surface area (Å²) in [7, 11) is 0. The number of hydrogen-bond donors (Lipinski definition) is 1. The number of aliphatic carboxylic acids is 1. The van der Waals surface area contributed by atoms with Crippen LogP contribution in [0.3, 0.4) is 0 Å². The van der Waals surface area contributed by atoms with Crippen LogP contribution in [-0.2, 0) is 4.79 Å². The Morgan fingerprint density at radius 3 is 2.64 bits per heavy atom. The van der Waals surface area contributed by atoms with Crippen LogP contribution in [0.4, 0.5) is 0 Å². The molecule has 0 radical (unpaired) electrons. The zero-order valence-corrected chi connectivity index (χ0v) is 9.90. The van der Waals surface area contributed by atoms with Crippen molar-refractivity contribution in [2.45, 2.75) is 39.5 Å². The first-order chi connectivity index (χ1) is 6.61. The minimum absolute atomic E-state index is 0.436. The summed E-state index contributed by atoms with van der Waals surface area (Å²) in [6, 6.07) is 0. The average Bonchev–Trinajstić information content (AvgIpc) is 2.95. The molecule has 82 valence electrons. The van der Waals surface area contributed by atoms with Crippen LogP contribution in [0.25, 0.3) is 0 Å². The third-order valence-corrected chi connectivity index (χ3v) is 4.14. The molecule has 1 atom stereocenters. The SMILES string of the molecule is CCSCCCC(C)(C(=O)O)C1CC1. The zero-order chi connectivity index (χ0) is 10.6. The van der Waals surface area contributed by atoms with Gasteiger partial charge < -0.3 is 5.11 Å². The van der Waals surface area contributed by atoms with Crippen molar-refractivity contribution in [1.82, 2.24) is 0 Å². The van der Waals surface area contributed by atoms with Gasteiger partial charge in [-0.05, 0) is 50.0 Å². The highest BCUT2D eigenvalue weighted by atomic mass is 32.2. The van der Waals surface area contributed by atoms with E-state index in [0.29, 0.717) is 5.92 Å². The minimum Gasteiger partial charge on any atom is -0.481 e. The van der Waals surface area contributed by atoms with E-state index < -0.39 is 11.4 Å². The lowest BCUT2D eigenvalue weighted by atomic mass is 9.81. The fourth-order valence-electron chi connectivity index (χ4n) is 1.89. The smallest absolute Gasteiger partial charge is 0.309 e. The molecular formula is C11H20O2S. The number of rotatable bonds is 7. The normalized spacial score (nSPS) is 20.4. The summed E-state index contributed by atoms with van der Waals surface area (Å²) < 4.78 is 0. The molecule has 1 aliphatic rings. The van der Waals surface area contributed by atoms with Crippen molar-refractivity contribution in [1.29, 1.82) is 0 Å². The summed E-state index contributed by atoms with van der Waals surface area (Å²) in [5, 5.41) is 9.19. The molecule has 0 aromatic heterocycles. The third-order valence-electron chi connectivity index (χ3n) is 3.16. The number of thioether (sulfide) groups is 1. The Kier molecular flexibility index (Phi) is 4.30. The van der Waals surface area contributed by atoms with Crippen LogP contribution in [0.15, 0.2) is 0 Å². The van der Waals surface area contributed by atoms with Crippen LogP contribution >= 0.6 is 11.8 Å². The fourth-order valence-corrected chi connectivity index (χ4v) is 2.53. The second-order valence-electron chi connectivity index (χ2n) is 4.30. The molecule has 0 aliphatic heterocycles. The number of carbonyl (C=O) groups is 1. The maximum absolute atomic E-state index is 11.2. The molecule has 1 N–H and O–H groups in total. The van der Waals surface area contributed by atoms with Crippen molar-refractivity contribution in [3.05, 3.63) is 0 Å². The maximum atomic E-state index is 11.2. The average molecular weight is 216 g/mol. The summed E-state index contributed by atoms with van der Waals surface area (Å²) in [6.07, 6.45) is 4.12. The van der Waals surface area contributed by atoms with E-state index in [4.69, 9.17) is 0 Å². The Hall–Kier alpha value is -0.180. The van der Waals surface area contributed by atoms with Crippen molar-refractivity contribution >= 4 is 17.7 Å². The molecule has 1 saturated carbocycles. The van der Waals surface area contributed by atoms with Crippen LogP contribution < -0.4 is 0 Å². The molecular weight excluding hydrogens is 196 g/mol. The van der Waals surface area contributed by atoms with E-state index in [0.717, 1.165) is 37.2 Å². The number of carboxylic acid groups (broad SMARTS) is 1. The molecule has 3 heteroatoms. The lowest BCUT2D eigenvalue weighted by Gasteiger charge is -2.24. The predicted molar refractivity (Wildman–Crippen MR) is 60.7 cm³/mol. The minimum atomic E-state index is -0.596. The Morgan fingerprint density at radius 2 is 2.21 bits per heavy atom. The van der Waals surface area contributed by atoms with Crippen molar-refractivity contribution in [3.63, 3.8) is 0 Å². The van der Waals surface area contributed by atoms with Crippen molar-refractivity contribution in [3.8, 4) is 0 Å². The molecule has 1 rings (SSSR count). The van der Waals surface area contributed by atoms with Gasteiger partial charge in [-0.1, -0.05) is 6.92 Å². The topological polar surface area (TPSA) is 37.3 Å². The molecule has 0 saturated heterocycles. The van der Waals surface area contributed by atoms with Gasteiger partial charge >= 0.3 is 5.97 Å². The summed E-state index contributed by atoms with van der Waals surface area (Å²) >= 11 is 1.90. The van der Waals surface area contributed by atoms with E-state index in [-0.39, 0.29) is 0 Å². The molecule has 0 aromatic rings. The Balaban J connectivity index is 2.32. The lowest BCUT2D eigenvalue weighted by molar-refractivity contribution is -0.149. The van der Waals surface area contributed by atoms with Gasteiger partial charge in [0, 0.05) is 0 Å². The highest BCUT2D eigenvalue weighted by Gasteiger charge is 2.46. The Morgan fingerprint density at radius 1 is 1.57 bits per heavy atom. The van der Waals surface area contributed by atoms with E-state index in [9.17, 15) is 9.90 Å². The second-order valence-corrected chi connectivity index (χ2v) is 5.69. The van der Waals surface area contributed by atoms with Gasteiger partial charge in [0.15, 0.2) is 0 Å². The van der Waals surface area contributed by atoms with Gasteiger partial charge in [-0.25, -0.2) is 0 Å². The quantitative estimate of drug-likeness (QED) is 0.665. The molecule has 0 aromatic carbocycles. The van der Waals surface area contributed by atoms with Gasteiger partial charge in [0.05, 0.1) is 5.41 Å². The van der Waals surface area contributed by atoms with Crippen molar-refractivity contribution < 1.29 is 9.90 Å². The molecule has 1 unspecified atom stereocenters. The highest BCUT2D eigenvalue weighted by Crippen LogP contribution is 2.48. The molecule has 0 bridgehead atoms. The predicted octanol–water partition coefficient (Wildman–Crippen LogP) is 3.02. The summed E-state index contributed by atoms with van der Waals surface area (Å²) in [4.78, 5) is 11.2. The van der Waals surface area contributed by atoms with E-state index in [1.54, 1.807) is 0 Å². The molecule has 2 nitrogen and oxygen atoms in total. The van der Waals surface area contributed by atoms with Gasteiger partial charge in [-0.15, -0.1) is 0 Å². The molecule has 0 heterocycles. The second kappa shape index (κ2) is 5.06. The van der Waals surface area contributed by atoms with Gasteiger partial charge in [-0.3, -0.25) is 4.79 Å². The van der Waals surface area contributed by atoms with E-state index in [1.807, 2.05) is 18.7 Å². The zero-order valence-electron chi connectivity index (χ0n) is 9.08. The number of hydrogen-bond acceptors (Lipinski definition) is 2. The largest absolute Gasteiger partial charge is 0.481 e. The van der Waals surface area contributed by atoms with Crippen LogP contribution in [0, 0.1) is 11.3 Å². The van der Waals surface area contributed by atoms with Crippen LogP contribution in [0.5, 0.6) is 0 Å². The first kappa shape index (κ1) is 11.9. The molecule has 14 heavy (non-hydrogen) atoms. The summed E-state index contributed by atoms with van der Waals surface area (Å²) in [5.74, 6) is 2.09. The highest BCUT2D eigenvalue weighted by molar-refractivity contribution is 7.99. The standard InChI is InChI=1S/C11H20O2S/c1-3-14-8-4-7-11(2,10(12)13)9-5-6-9/h9H,3-8H2,1-2H3,(H,12,13). The maximum Gasteiger partial charge on any atom is 0.309 e. The Bertz CT molecular complexity index is 201. The molecule has 1 aliphatic carbocycles. The first-order valence-corrected chi connectivity index (χ1v) is 6.58. The van der Waals surface area contributed by atoms with Gasteiger partial charge in [-0.2, -0.15) is 11.8 Å². The fraction of sp³-hybridized carbons (Fsp3) is 0.909. The monoisotopic (exact) mass is 216 g/mol. The van der Waals surface area contributed by atoms with Crippen LogP contribution in [0.1, 0.15) is 39.5 Å². The molecule has 0 spiro atoms. The van der Waals surface area contributed by atoms with Gasteiger partial charge in [0.2, 0.25) is 0 Å². The summed E-state index contributed by atoms with van der Waals surface area (Å²) in [5.41, 5.74) is -0.436. The van der Waals surface area contributed by atoms with E-state index >= 15 is 0 Å². The molecule has 1 fully saturated rings. The van der Waals surface area contributed by atoms with Crippen LogP contribution in [0.2, 0.25) is 0 Å².